The van der Waals surface area contributed by atoms with Gasteiger partial charge >= 0.3 is 0 Å². The van der Waals surface area contributed by atoms with E-state index in [1.54, 1.807) is 7.11 Å². The van der Waals surface area contributed by atoms with Crippen molar-refractivity contribution in [3.63, 3.8) is 0 Å². The molecule has 1 rings (SSSR count). The van der Waals surface area contributed by atoms with Gasteiger partial charge in [-0.15, -0.1) is 0 Å². The van der Waals surface area contributed by atoms with E-state index in [2.05, 4.69) is 0 Å². The van der Waals surface area contributed by atoms with Gasteiger partial charge in [0.05, 0.1) is 5.60 Å². The van der Waals surface area contributed by atoms with Gasteiger partial charge in [-0.2, -0.15) is 0 Å². The Bertz CT molecular complexity index is 383. The molecule has 0 aliphatic rings. The molecule has 2 nitrogen and oxygen atoms in total. The summed E-state index contributed by atoms with van der Waals surface area (Å²) in [5, 5.41) is 0. The monoisotopic (exact) mass is 257 g/mol. The molecule has 0 fully saturated rings. The Morgan fingerprint density at radius 1 is 1.28 bits per heavy atom. The third-order valence-corrected chi connectivity index (χ3v) is 3.73. The quantitative estimate of drug-likeness (QED) is 0.850. The molecule has 4 heteroatoms. The van der Waals surface area contributed by atoms with Crippen LogP contribution >= 0.6 is 0 Å². The molecule has 0 amide bonds. The van der Waals surface area contributed by atoms with E-state index in [4.69, 9.17) is 10.5 Å². The lowest BCUT2D eigenvalue weighted by molar-refractivity contribution is -0.0375. The molecule has 2 N–H and O–H groups in total. The molecular weight excluding hydrogens is 236 g/mol. The standard InChI is InChI=1S/C14H21F2NO/c1-4-14(5-2,18-3)13(17)9-10-8-11(15)6-7-12(10)16/h6-8,13H,4-5,9,17H2,1-3H3. The lowest BCUT2D eigenvalue weighted by atomic mass is 9.85. The maximum atomic E-state index is 13.6. The van der Waals surface area contributed by atoms with E-state index in [9.17, 15) is 8.78 Å². The first-order chi connectivity index (χ1) is 8.49. The highest BCUT2D eigenvalue weighted by Crippen LogP contribution is 2.26. The maximum Gasteiger partial charge on any atom is 0.126 e. The molecule has 102 valence electrons. The minimum absolute atomic E-state index is 0.263. The van der Waals surface area contributed by atoms with E-state index in [-0.39, 0.29) is 12.5 Å². The van der Waals surface area contributed by atoms with E-state index in [1.165, 1.54) is 6.07 Å². The molecule has 0 bridgehead atoms. The van der Waals surface area contributed by atoms with Gasteiger partial charge in [-0.3, -0.25) is 0 Å². The highest BCUT2D eigenvalue weighted by atomic mass is 19.1. The zero-order valence-electron chi connectivity index (χ0n) is 11.2. The molecule has 0 heterocycles. The van der Waals surface area contributed by atoms with Gasteiger partial charge in [-0.1, -0.05) is 13.8 Å². The van der Waals surface area contributed by atoms with Crippen molar-refractivity contribution in [2.45, 2.75) is 44.8 Å². The second kappa shape index (κ2) is 6.25. The molecule has 18 heavy (non-hydrogen) atoms. The Balaban J connectivity index is 2.92. The van der Waals surface area contributed by atoms with Crippen molar-refractivity contribution in [1.29, 1.82) is 0 Å². The summed E-state index contributed by atoms with van der Waals surface area (Å²) in [7, 11) is 1.61. The van der Waals surface area contributed by atoms with Gasteiger partial charge in [-0.05, 0) is 43.0 Å². The fourth-order valence-electron chi connectivity index (χ4n) is 2.34. The van der Waals surface area contributed by atoms with E-state index in [0.29, 0.717) is 5.56 Å². The predicted octanol–water partition coefficient (Wildman–Crippen LogP) is 3.04. The molecule has 0 radical (unpaired) electrons. The van der Waals surface area contributed by atoms with Crippen LogP contribution in [0.3, 0.4) is 0 Å². The lowest BCUT2D eigenvalue weighted by Crippen LogP contribution is -2.50. The predicted molar refractivity (Wildman–Crippen MR) is 68.4 cm³/mol. The van der Waals surface area contributed by atoms with Crippen LogP contribution in [0, 0.1) is 11.6 Å². The Labute approximate surface area is 107 Å². The third kappa shape index (κ3) is 3.06. The van der Waals surface area contributed by atoms with Gasteiger partial charge in [0.2, 0.25) is 0 Å². The van der Waals surface area contributed by atoms with Crippen molar-refractivity contribution < 1.29 is 13.5 Å². The first-order valence-corrected chi connectivity index (χ1v) is 6.23. The molecular formula is C14H21F2NO. The molecule has 0 aliphatic carbocycles. The third-order valence-electron chi connectivity index (χ3n) is 3.73. The topological polar surface area (TPSA) is 35.2 Å². The molecule has 1 atom stereocenters. The first-order valence-electron chi connectivity index (χ1n) is 6.23. The van der Waals surface area contributed by atoms with Crippen LogP contribution in [0.4, 0.5) is 8.78 Å². The van der Waals surface area contributed by atoms with Crippen LogP contribution in [-0.4, -0.2) is 18.8 Å². The number of hydrogen-bond acceptors (Lipinski definition) is 2. The number of rotatable bonds is 6. The van der Waals surface area contributed by atoms with Gasteiger partial charge in [-0.25, -0.2) is 8.78 Å². The summed E-state index contributed by atoms with van der Waals surface area (Å²) in [6.45, 7) is 3.96. The lowest BCUT2D eigenvalue weighted by Gasteiger charge is -2.36. The van der Waals surface area contributed by atoms with Crippen LogP contribution in [-0.2, 0) is 11.2 Å². The fourth-order valence-corrected chi connectivity index (χ4v) is 2.34. The van der Waals surface area contributed by atoms with E-state index in [0.717, 1.165) is 25.0 Å². The number of nitrogens with two attached hydrogens (primary N) is 1. The van der Waals surface area contributed by atoms with Crippen LogP contribution in [0.1, 0.15) is 32.3 Å². The summed E-state index contributed by atoms with van der Waals surface area (Å²) in [6.07, 6.45) is 1.73. The average molecular weight is 257 g/mol. The Morgan fingerprint density at radius 2 is 1.89 bits per heavy atom. The van der Waals surface area contributed by atoms with Crippen LogP contribution in [0.5, 0.6) is 0 Å². The number of benzene rings is 1. The average Bonchev–Trinajstić information content (AvgIpc) is 2.37. The summed E-state index contributed by atoms with van der Waals surface area (Å²) in [6, 6.07) is 3.06. The van der Waals surface area contributed by atoms with Crippen LogP contribution in [0.15, 0.2) is 18.2 Å². The largest absolute Gasteiger partial charge is 0.377 e. The number of halogens is 2. The Morgan fingerprint density at radius 3 is 2.39 bits per heavy atom. The maximum absolute atomic E-state index is 13.6. The number of ether oxygens (including phenoxy) is 1. The molecule has 1 aromatic carbocycles. The van der Waals surface area contributed by atoms with Crippen LogP contribution < -0.4 is 5.73 Å². The normalized spacial score (nSPS) is 13.7. The van der Waals surface area contributed by atoms with Crippen molar-refractivity contribution in [1.82, 2.24) is 0 Å². The first kappa shape index (κ1) is 15.1. The summed E-state index contributed by atoms with van der Waals surface area (Å²) in [4.78, 5) is 0. The van der Waals surface area contributed by atoms with Gasteiger partial charge in [0.1, 0.15) is 11.6 Å². The van der Waals surface area contributed by atoms with E-state index >= 15 is 0 Å². The summed E-state index contributed by atoms with van der Waals surface area (Å²) in [5.41, 5.74) is 5.93. The minimum Gasteiger partial charge on any atom is -0.377 e. The van der Waals surface area contributed by atoms with Gasteiger partial charge in [0.15, 0.2) is 0 Å². The van der Waals surface area contributed by atoms with Gasteiger partial charge in [0.25, 0.3) is 0 Å². The molecule has 1 aromatic rings. The molecule has 0 saturated heterocycles. The highest BCUT2D eigenvalue weighted by molar-refractivity contribution is 5.20. The fraction of sp³-hybridized carbons (Fsp3) is 0.571. The zero-order valence-corrected chi connectivity index (χ0v) is 11.2. The van der Waals surface area contributed by atoms with Crippen LogP contribution in [0.2, 0.25) is 0 Å². The van der Waals surface area contributed by atoms with Gasteiger partial charge in [0, 0.05) is 13.2 Å². The summed E-state index contributed by atoms with van der Waals surface area (Å²) < 4.78 is 32.2. The summed E-state index contributed by atoms with van der Waals surface area (Å²) in [5.74, 6) is -0.876. The molecule has 0 saturated carbocycles. The Kier molecular flexibility index (Phi) is 5.23. The molecule has 0 spiro atoms. The van der Waals surface area contributed by atoms with E-state index in [1.807, 2.05) is 13.8 Å². The zero-order chi connectivity index (χ0) is 13.8. The Hall–Kier alpha value is -1.00. The van der Waals surface area contributed by atoms with Gasteiger partial charge < -0.3 is 10.5 Å². The van der Waals surface area contributed by atoms with E-state index < -0.39 is 17.2 Å². The van der Waals surface area contributed by atoms with Crippen molar-refractivity contribution >= 4 is 0 Å². The molecule has 1 unspecified atom stereocenters. The second-order valence-corrected chi connectivity index (χ2v) is 4.52. The smallest absolute Gasteiger partial charge is 0.126 e. The second-order valence-electron chi connectivity index (χ2n) is 4.52. The SMILES string of the molecule is CCC(CC)(OC)C(N)Cc1cc(F)ccc1F. The number of methoxy groups -OCH3 is 1. The summed E-state index contributed by atoms with van der Waals surface area (Å²) >= 11 is 0. The number of hydrogen-bond donors (Lipinski definition) is 1. The van der Waals surface area contributed by atoms with Crippen molar-refractivity contribution in [2.24, 2.45) is 5.73 Å². The molecule has 0 aliphatic heterocycles. The van der Waals surface area contributed by atoms with Crippen molar-refractivity contribution in [2.75, 3.05) is 7.11 Å². The highest BCUT2D eigenvalue weighted by Gasteiger charge is 2.33. The minimum atomic E-state index is -0.487. The molecule has 0 aromatic heterocycles. The van der Waals surface area contributed by atoms with Crippen LogP contribution in [0.25, 0.3) is 0 Å². The van der Waals surface area contributed by atoms with Crippen molar-refractivity contribution in [3.8, 4) is 0 Å². The van der Waals surface area contributed by atoms with Crippen molar-refractivity contribution in [3.05, 3.63) is 35.4 Å².